The molecule has 4 N–H and O–H groups in total. The number of nitrogens with two attached hydrogens (primary N) is 2. The molecule has 1 aromatic heterocycles. The van der Waals surface area contributed by atoms with Gasteiger partial charge in [0, 0.05) is 11.6 Å². The summed E-state index contributed by atoms with van der Waals surface area (Å²) < 4.78 is 0. The second-order valence-corrected chi connectivity index (χ2v) is 3.23. The smallest absolute Gasteiger partial charge is 0.222 e. The predicted octanol–water partition coefficient (Wildman–Crippen LogP) is 1.18. The lowest BCUT2D eigenvalue weighted by molar-refractivity contribution is 1.20. The van der Waals surface area contributed by atoms with Gasteiger partial charge in [0.15, 0.2) is 0 Å². The van der Waals surface area contributed by atoms with Gasteiger partial charge in [0.2, 0.25) is 5.95 Å². The molecule has 0 unspecified atom stereocenters. The Balaban J connectivity index is 2.47. The zero-order valence-electron chi connectivity index (χ0n) is 8.38. The highest BCUT2D eigenvalue weighted by Gasteiger charge is 2.02. The number of hydrogen-bond donors (Lipinski definition) is 2. The number of anilines is 2. The van der Waals surface area contributed by atoms with Gasteiger partial charge in [-0.2, -0.15) is 10.2 Å². The van der Waals surface area contributed by atoms with Crippen LogP contribution >= 0.6 is 0 Å². The first-order valence-electron chi connectivity index (χ1n) is 4.59. The number of nitriles is 1. The van der Waals surface area contributed by atoms with Crippen LogP contribution < -0.4 is 11.5 Å². The van der Waals surface area contributed by atoms with Gasteiger partial charge in [0.05, 0.1) is 17.3 Å². The molecule has 0 bridgehead atoms. The first-order valence-corrected chi connectivity index (χ1v) is 4.59. The summed E-state index contributed by atoms with van der Waals surface area (Å²) in [5, 5.41) is 8.67. The van der Waals surface area contributed by atoms with Crippen molar-refractivity contribution in [3.8, 4) is 17.3 Å². The van der Waals surface area contributed by atoms with Gasteiger partial charge in [-0.05, 0) is 12.1 Å². The van der Waals surface area contributed by atoms with Crippen molar-refractivity contribution in [3.05, 3.63) is 35.9 Å². The van der Waals surface area contributed by atoms with Gasteiger partial charge in [0.1, 0.15) is 5.82 Å². The first-order chi connectivity index (χ1) is 7.69. The van der Waals surface area contributed by atoms with Gasteiger partial charge in [-0.15, -0.1) is 0 Å². The Labute approximate surface area is 92.4 Å². The Hall–Kier alpha value is -2.61. The molecule has 0 atom stereocenters. The average Bonchev–Trinajstić information content (AvgIpc) is 2.28. The fourth-order valence-electron chi connectivity index (χ4n) is 1.35. The Morgan fingerprint density at radius 3 is 2.31 bits per heavy atom. The zero-order chi connectivity index (χ0) is 11.5. The van der Waals surface area contributed by atoms with Crippen LogP contribution in [0, 0.1) is 11.3 Å². The topological polar surface area (TPSA) is 102 Å². The van der Waals surface area contributed by atoms with Crippen molar-refractivity contribution in [2.45, 2.75) is 0 Å². The summed E-state index contributed by atoms with van der Waals surface area (Å²) in [6, 6.07) is 10.7. The van der Waals surface area contributed by atoms with E-state index in [1.165, 1.54) is 0 Å². The third-order valence-electron chi connectivity index (χ3n) is 2.07. The summed E-state index contributed by atoms with van der Waals surface area (Å²) in [7, 11) is 0. The van der Waals surface area contributed by atoms with Crippen LogP contribution in [0.5, 0.6) is 0 Å². The van der Waals surface area contributed by atoms with Crippen LogP contribution in [0.15, 0.2) is 30.3 Å². The number of hydrogen-bond acceptors (Lipinski definition) is 5. The lowest BCUT2D eigenvalue weighted by Gasteiger charge is -2.02. The monoisotopic (exact) mass is 211 g/mol. The van der Waals surface area contributed by atoms with Crippen molar-refractivity contribution in [2.24, 2.45) is 0 Å². The van der Waals surface area contributed by atoms with E-state index >= 15 is 0 Å². The van der Waals surface area contributed by atoms with Crippen LogP contribution in [0.2, 0.25) is 0 Å². The van der Waals surface area contributed by atoms with Crippen LogP contribution in [0.25, 0.3) is 11.3 Å². The molecule has 5 heteroatoms. The fraction of sp³-hybridized carbons (Fsp3) is 0. The van der Waals surface area contributed by atoms with Crippen molar-refractivity contribution >= 4 is 11.8 Å². The molecule has 0 radical (unpaired) electrons. The molecule has 0 aliphatic heterocycles. The summed E-state index contributed by atoms with van der Waals surface area (Å²) in [6.45, 7) is 0. The van der Waals surface area contributed by atoms with Crippen molar-refractivity contribution in [1.29, 1.82) is 5.26 Å². The van der Waals surface area contributed by atoms with Crippen LogP contribution in [-0.4, -0.2) is 9.97 Å². The van der Waals surface area contributed by atoms with Crippen molar-refractivity contribution in [1.82, 2.24) is 9.97 Å². The van der Waals surface area contributed by atoms with Gasteiger partial charge in [0.25, 0.3) is 0 Å². The second-order valence-electron chi connectivity index (χ2n) is 3.23. The maximum Gasteiger partial charge on any atom is 0.222 e. The van der Waals surface area contributed by atoms with E-state index in [4.69, 9.17) is 16.7 Å². The maximum absolute atomic E-state index is 8.67. The quantitative estimate of drug-likeness (QED) is 0.737. The van der Waals surface area contributed by atoms with E-state index in [-0.39, 0.29) is 5.95 Å². The molecule has 2 rings (SSSR count). The molecule has 1 aromatic carbocycles. The summed E-state index contributed by atoms with van der Waals surface area (Å²) in [5.74, 6) is 0.464. The number of benzene rings is 1. The molecule has 0 aliphatic rings. The van der Waals surface area contributed by atoms with Gasteiger partial charge < -0.3 is 11.5 Å². The predicted molar refractivity (Wildman–Crippen MR) is 61.0 cm³/mol. The van der Waals surface area contributed by atoms with Gasteiger partial charge in [-0.1, -0.05) is 12.1 Å². The molecule has 0 saturated carbocycles. The molecular formula is C11H9N5. The Morgan fingerprint density at radius 2 is 1.75 bits per heavy atom. The normalized spacial score (nSPS) is 9.69. The van der Waals surface area contributed by atoms with E-state index < -0.39 is 0 Å². The number of rotatable bonds is 1. The SMILES string of the molecule is N#Cc1ccc(-c2cc(N)nc(N)n2)cc1. The molecule has 0 spiro atoms. The minimum atomic E-state index is 0.138. The van der Waals surface area contributed by atoms with Gasteiger partial charge in [-0.3, -0.25) is 0 Å². The molecule has 0 aliphatic carbocycles. The highest BCUT2D eigenvalue weighted by atomic mass is 15.0. The molecule has 1 heterocycles. The van der Waals surface area contributed by atoms with Crippen molar-refractivity contribution < 1.29 is 0 Å². The lowest BCUT2D eigenvalue weighted by atomic mass is 10.1. The average molecular weight is 211 g/mol. The Morgan fingerprint density at radius 1 is 1.06 bits per heavy atom. The van der Waals surface area contributed by atoms with Gasteiger partial charge in [-0.25, -0.2) is 4.98 Å². The third kappa shape index (κ3) is 1.91. The lowest BCUT2D eigenvalue weighted by Crippen LogP contribution is -2.00. The molecule has 78 valence electrons. The summed E-state index contributed by atoms with van der Waals surface area (Å²) in [5.41, 5.74) is 13.2. The fourth-order valence-corrected chi connectivity index (χ4v) is 1.35. The minimum Gasteiger partial charge on any atom is -0.384 e. The number of nitrogen functional groups attached to an aromatic ring is 2. The van der Waals surface area contributed by atoms with E-state index in [1.54, 1.807) is 30.3 Å². The van der Waals surface area contributed by atoms with Crippen molar-refractivity contribution in [3.63, 3.8) is 0 Å². The zero-order valence-corrected chi connectivity index (χ0v) is 8.38. The van der Waals surface area contributed by atoms with Gasteiger partial charge >= 0.3 is 0 Å². The summed E-state index contributed by atoms with van der Waals surface area (Å²) >= 11 is 0. The highest BCUT2D eigenvalue weighted by Crippen LogP contribution is 2.19. The molecule has 16 heavy (non-hydrogen) atoms. The van der Waals surface area contributed by atoms with E-state index in [0.29, 0.717) is 17.1 Å². The highest BCUT2D eigenvalue weighted by molar-refractivity contribution is 5.64. The minimum absolute atomic E-state index is 0.138. The summed E-state index contributed by atoms with van der Waals surface area (Å²) in [4.78, 5) is 7.85. The summed E-state index contributed by atoms with van der Waals surface area (Å²) in [6.07, 6.45) is 0. The molecule has 2 aromatic rings. The molecular weight excluding hydrogens is 202 g/mol. The van der Waals surface area contributed by atoms with E-state index in [0.717, 1.165) is 5.56 Å². The number of nitrogens with zero attached hydrogens (tertiary/aromatic N) is 3. The number of aromatic nitrogens is 2. The van der Waals surface area contributed by atoms with E-state index in [1.807, 2.05) is 6.07 Å². The Kier molecular flexibility index (Phi) is 2.40. The largest absolute Gasteiger partial charge is 0.384 e. The van der Waals surface area contributed by atoms with E-state index in [2.05, 4.69) is 9.97 Å². The Bertz CT molecular complexity index is 533. The van der Waals surface area contributed by atoms with Crippen LogP contribution in [0.1, 0.15) is 5.56 Å². The second kappa shape index (κ2) is 3.87. The first kappa shape index (κ1) is 9.93. The molecule has 5 nitrogen and oxygen atoms in total. The maximum atomic E-state index is 8.67. The van der Waals surface area contributed by atoms with Crippen LogP contribution in [0.3, 0.4) is 0 Å². The van der Waals surface area contributed by atoms with Crippen LogP contribution in [0.4, 0.5) is 11.8 Å². The molecule has 0 amide bonds. The van der Waals surface area contributed by atoms with Crippen LogP contribution in [-0.2, 0) is 0 Å². The third-order valence-corrected chi connectivity index (χ3v) is 2.07. The van der Waals surface area contributed by atoms with E-state index in [9.17, 15) is 0 Å². The molecule has 0 saturated heterocycles. The molecule has 0 fully saturated rings. The standard InChI is InChI=1S/C11H9N5/c12-6-7-1-3-8(4-2-7)9-5-10(13)16-11(14)15-9/h1-5H,(H4,13,14,15,16). The van der Waals surface area contributed by atoms with Crippen molar-refractivity contribution in [2.75, 3.05) is 11.5 Å².